The quantitative estimate of drug-likeness (QED) is 0.767. The molecule has 2 N–H and O–H groups in total. The van der Waals surface area contributed by atoms with Gasteiger partial charge >= 0.3 is 0 Å². The van der Waals surface area contributed by atoms with Gasteiger partial charge in [-0.3, -0.25) is 0 Å². The Morgan fingerprint density at radius 2 is 2.00 bits per heavy atom. The molecule has 1 aromatic rings. The van der Waals surface area contributed by atoms with E-state index < -0.39 is 0 Å². The van der Waals surface area contributed by atoms with E-state index in [2.05, 4.69) is 48.9 Å². The number of likely N-dealkylation sites (N-methyl/N-ethyl adjacent to an activating group) is 1. The van der Waals surface area contributed by atoms with Crippen molar-refractivity contribution in [1.29, 1.82) is 0 Å². The summed E-state index contributed by atoms with van der Waals surface area (Å²) in [6.07, 6.45) is 2.47. The molecule has 0 aromatic heterocycles. The molecule has 1 fully saturated rings. The maximum absolute atomic E-state index is 3.49. The van der Waals surface area contributed by atoms with Gasteiger partial charge in [0.15, 0.2) is 0 Å². The summed E-state index contributed by atoms with van der Waals surface area (Å²) in [5.41, 5.74) is 2.88. The van der Waals surface area contributed by atoms with Gasteiger partial charge < -0.3 is 10.6 Å². The van der Waals surface area contributed by atoms with Crippen LogP contribution in [0.5, 0.6) is 0 Å². The summed E-state index contributed by atoms with van der Waals surface area (Å²) in [5.74, 6) is 0. The number of hydrogen-bond acceptors (Lipinski definition) is 2. The second-order valence-electron chi connectivity index (χ2n) is 4.48. The number of nitrogens with one attached hydrogen (secondary N) is 2. The first kappa shape index (κ1) is 10.7. The maximum atomic E-state index is 3.49. The third-order valence-corrected chi connectivity index (χ3v) is 3.47. The number of aryl methyl sites for hydroxylation is 1. The van der Waals surface area contributed by atoms with Crippen molar-refractivity contribution in [1.82, 2.24) is 10.6 Å². The van der Waals surface area contributed by atoms with Crippen LogP contribution in [0.1, 0.15) is 24.0 Å². The molecule has 15 heavy (non-hydrogen) atoms. The van der Waals surface area contributed by atoms with Crippen LogP contribution >= 0.6 is 0 Å². The summed E-state index contributed by atoms with van der Waals surface area (Å²) in [6.45, 7) is 4.32. The van der Waals surface area contributed by atoms with Crippen LogP contribution in [0.25, 0.3) is 0 Å². The zero-order valence-electron chi connectivity index (χ0n) is 9.64. The van der Waals surface area contributed by atoms with Crippen LogP contribution in [0.2, 0.25) is 0 Å². The van der Waals surface area contributed by atoms with Crippen LogP contribution in [-0.2, 0) is 5.54 Å². The van der Waals surface area contributed by atoms with E-state index in [0.717, 1.165) is 13.1 Å². The molecule has 2 nitrogen and oxygen atoms in total. The summed E-state index contributed by atoms with van der Waals surface area (Å²) in [4.78, 5) is 0. The normalized spacial score (nSPS) is 26.5. The Labute approximate surface area is 92.1 Å². The van der Waals surface area contributed by atoms with Gasteiger partial charge in [-0.25, -0.2) is 0 Å². The summed E-state index contributed by atoms with van der Waals surface area (Å²) in [6, 6.07) is 8.89. The molecule has 0 radical (unpaired) electrons. The third kappa shape index (κ3) is 2.06. The molecule has 1 aliphatic rings. The Balaban J connectivity index is 2.28. The standard InChI is InChI=1S/C13H20N2/c1-11-4-6-12(7-5-11)13(14-2)8-3-9-15-10-13/h4-7,14-15H,3,8-10H2,1-2H3. The fraction of sp³-hybridized carbons (Fsp3) is 0.538. The van der Waals surface area contributed by atoms with Crippen molar-refractivity contribution in [2.45, 2.75) is 25.3 Å². The van der Waals surface area contributed by atoms with Crippen molar-refractivity contribution in [3.05, 3.63) is 35.4 Å². The maximum Gasteiger partial charge on any atom is 0.0559 e. The molecule has 0 saturated carbocycles. The van der Waals surface area contributed by atoms with Crippen LogP contribution < -0.4 is 10.6 Å². The first-order valence-electron chi connectivity index (χ1n) is 5.74. The van der Waals surface area contributed by atoms with E-state index in [4.69, 9.17) is 0 Å². The predicted molar refractivity (Wildman–Crippen MR) is 64.0 cm³/mol. The lowest BCUT2D eigenvalue weighted by atomic mass is 9.83. The molecule has 1 aromatic carbocycles. The van der Waals surface area contributed by atoms with Gasteiger partial charge in [0.2, 0.25) is 0 Å². The average Bonchev–Trinajstić information content (AvgIpc) is 2.31. The molecule has 1 saturated heterocycles. The Kier molecular flexibility index (Phi) is 3.08. The summed E-state index contributed by atoms with van der Waals surface area (Å²) >= 11 is 0. The largest absolute Gasteiger partial charge is 0.315 e. The first-order chi connectivity index (χ1) is 7.27. The lowest BCUT2D eigenvalue weighted by Gasteiger charge is -2.38. The second kappa shape index (κ2) is 4.33. The zero-order valence-corrected chi connectivity index (χ0v) is 9.64. The van der Waals surface area contributed by atoms with Crippen molar-refractivity contribution in [3.8, 4) is 0 Å². The topological polar surface area (TPSA) is 24.1 Å². The zero-order chi connectivity index (χ0) is 10.7. The summed E-state index contributed by atoms with van der Waals surface area (Å²) < 4.78 is 0. The number of benzene rings is 1. The van der Waals surface area contributed by atoms with Crippen molar-refractivity contribution in [3.63, 3.8) is 0 Å². The minimum Gasteiger partial charge on any atom is -0.315 e. The first-order valence-corrected chi connectivity index (χ1v) is 5.74. The SMILES string of the molecule is CNC1(c2ccc(C)cc2)CCCNC1. The van der Waals surface area contributed by atoms with E-state index in [1.54, 1.807) is 0 Å². The van der Waals surface area contributed by atoms with Gasteiger partial charge in [-0.1, -0.05) is 29.8 Å². The molecular formula is C13H20N2. The van der Waals surface area contributed by atoms with Crippen molar-refractivity contribution in [2.75, 3.05) is 20.1 Å². The molecule has 0 amide bonds. The highest BCUT2D eigenvalue weighted by molar-refractivity contribution is 5.29. The highest BCUT2D eigenvalue weighted by Gasteiger charge is 2.31. The smallest absolute Gasteiger partial charge is 0.0559 e. The van der Waals surface area contributed by atoms with E-state index in [0.29, 0.717) is 0 Å². The Morgan fingerprint density at radius 1 is 1.27 bits per heavy atom. The lowest BCUT2D eigenvalue weighted by molar-refractivity contribution is 0.269. The summed E-state index contributed by atoms with van der Waals surface area (Å²) in [5, 5.41) is 6.97. The summed E-state index contributed by atoms with van der Waals surface area (Å²) in [7, 11) is 2.06. The van der Waals surface area contributed by atoms with Gasteiger partial charge in [-0.15, -0.1) is 0 Å². The van der Waals surface area contributed by atoms with Crippen LogP contribution in [-0.4, -0.2) is 20.1 Å². The fourth-order valence-electron chi connectivity index (χ4n) is 2.38. The van der Waals surface area contributed by atoms with Crippen molar-refractivity contribution in [2.24, 2.45) is 0 Å². The second-order valence-corrected chi connectivity index (χ2v) is 4.48. The molecular weight excluding hydrogens is 184 g/mol. The van der Waals surface area contributed by atoms with Crippen LogP contribution in [0.15, 0.2) is 24.3 Å². The molecule has 2 rings (SSSR count). The molecule has 1 unspecified atom stereocenters. The van der Waals surface area contributed by atoms with Crippen molar-refractivity contribution < 1.29 is 0 Å². The Morgan fingerprint density at radius 3 is 2.53 bits per heavy atom. The van der Waals surface area contributed by atoms with Crippen molar-refractivity contribution >= 4 is 0 Å². The number of rotatable bonds is 2. The highest BCUT2D eigenvalue weighted by Crippen LogP contribution is 2.28. The lowest BCUT2D eigenvalue weighted by Crippen LogP contribution is -2.51. The van der Waals surface area contributed by atoms with Gasteiger partial charge in [-0.2, -0.15) is 0 Å². The predicted octanol–water partition coefficient (Wildman–Crippen LogP) is 1.79. The van der Waals surface area contributed by atoms with Gasteiger partial charge in [0.25, 0.3) is 0 Å². The average molecular weight is 204 g/mol. The molecule has 1 atom stereocenters. The molecule has 0 aliphatic carbocycles. The van der Waals surface area contributed by atoms with Gasteiger partial charge in [-0.05, 0) is 38.9 Å². The Bertz CT molecular complexity index is 310. The van der Waals surface area contributed by atoms with E-state index in [1.165, 1.54) is 24.0 Å². The monoisotopic (exact) mass is 204 g/mol. The van der Waals surface area contributed by atoms with E-state index in [1.807, 2.05) is 0 Å². The third-order valence-electron chi connectivity index (χ3n) is 3.47. The van der Waals surface area contributed by atoms with Crippen LogP contribution in [0, 0.1) is 6.92 Å². The molecule has 0 spiro atoms. The Hall–Kier alpha value is -0.860. The molecule has 1 aliphatic heterocycles. The van der Waals surface area contributed by atoms with Gasteiger partial charge in [0, 0.05) is 6.54 Å². The van der Waals surface area contributed by atoms with E-state index >= 15 is 0 Å². The molecule has 0 bridgehead atoms. The van der Waals surface area contributed by atoms with E-state index in [-0.39, 0.29) is 5.54 Å². The fourth-order valence-corrected chi connectivity index (χ4v) is 2.38. The highest BCUT2D eigenvalue weighted by atomic mass is 15.0. The minimum atomic E-state index is 0.145. The molecule has 1 heterocycles. The molecule has 2 heteroatoms. The minimum absolute atomic E-state index is 0.145. The van der Waals surface area contributed by atoms with Gasteiger partial charge in [0.05, 0.1) is 5.54 Å². The van der Waals surface area contributed by atoms with Crippen LogP contribution in [0.3, 0.4) is 0 Å². The van der Waals surface area contributed by atoms with Crippen LogP contribution in [0.4, 0.5) is 0 Å². The molecule has 82 valence electrons. The van der Waals surface area contributed by atoms with E-state index in [9.17, 15) is 0 Å². The van der Waals surface area contributed by atoms with Gasteiger partial charge in [0.1, 0.15) is 0 Å². The number of hydrogen-bond donors (Lipinski definition) is 2. The number of piperidine rings is 1.